The Morgan fingerprint density at radius 1 is 1.50 bits per heavy atom. The molecule has 7 heteroatoms. The van der Waals surface area contributed by atoms with E-state index >= 15 is 0 Å². The van der Waals surface area contributed by atoms with Crippen molar-refractivity contribution in [3.05, 3.63) is 23.9 Å². The molecular weight excluding hydrogens is 260 g/mol. The molecule has 2 rings (SSSR count). The van der Waals surface area contributed by atoms with Crippen LogP contribution >= 0.6 is 0 Å². The molecule has 7 nitrogen and oxygen atoms in total. The van der Waals surface area contributed by atoms with Gasteiger partial charge in [0.2, 0.25) is 11.8 Å². The fourth-order valence-electron chi connectivity index (χ4n) is 1.96. The van der Waals surface area contributed by atoms with E-state index in [0.717, 1.165) is 0 Å². The standard InChI is InChI=1S/C13H16N4O3/c1-2-14-11-8(4-3-7-15-11)12(19)16-9-5-6-10(18)17-13(9)20/h3-4,7,9H,2,5-6H2,1H3,(H,14,15)(H,16,19)(H,17,18,20). The Labute approximate surface area is 116 Å². The minimum atomic E-state index is -0.685. The van der Waals surface area contributed by atoms with Gasteiger partial charge in [-0.2, -0.15) is 0 Å². The Morgan fingerprint density at radius 3 is 3.00 bits per heavy atom. The number of aromatic nitrogens is 1. The van der Waals surface area contributed by atoms with E-state index in [9.17, 15) is 14.4 Å². The molecule has 1 aliphatic rings. The van der Waals surface area contributed by atoms with Crippen LogP contribution in [0.5, 0.6) is 0 Å². The third kappa shape index (κ3) is 3.11. The van der Waals surface area contributed by atoms with E-state index in [4.69, 9.17) is 0 Å². The van der Waals surface area contributed by atoms with Gasteiger partial charge in [-0.15, -0.1) is 0 Å². The first-order valence-corrected chi connectivity index (χ1v) is 6.45. The average Bonchev–Trinajstić information content (AvgIpc) is 2.43. The summed E-state index contributed by atoms with van der Waals surface area (Å²) in [7, 11) is 0. The Kier molecular flexibility index (Phi) is 4.29. The summed E-state index contributed by atoms with van der Waals surface area (Å²) in [6.45, 7) is 2.53. The molecule has 20 heavy (non-hydrogen) atoms. The highest BCUT2D eigenvalue weighted by Gasteiger charge is 2.28. The van der Waals surface area contributed by atoms with Gasteiger partial charge in [-0.25, -0.2) is 4.98 Å². The van der Waals surface area contributed by atoms with Gasteiger partial charge in [-0.3, -0.25) is 19.7 Å². The number of nitrogens with zero attached hydrogens (tertiary/aromatic N) is 1. The molecular formula is C13H16N4O3. The molecule has 3 amide bonds. The zero-order valence-corrected chi connectivity index (χ0v) is 11.1. The Hall–Kier alpha value is -2.44. The first kappa shape index (κ1) is 14.0. The van der Waals surface area contributed by atoms with Crippen molar-refractivity contribution in [2.45, 2.75) is 25.8 Å². The van der Waals surface area contributed by atoms with Crippen LogP contribution in [0.25, 0.3) is 0 Å². The van der Waals surface area contributed by atoms with Crippen molar-refractivity contribution in [1.82, 2.24) is 15.6 Å². The van der Waals surface area contributed by atoms with Gasteiger partial charge in [0.05, 0.1) is 5.56 Å². The van der Waals surface area contributed by atoms with E-state index in [2.05, 4.69) is 20.9 Å². The summed E-state index contributed by atoms with van der Waals surface area (Å²) in [5, 5.41) is 7.81. The molecule has 1 aromatic heterocycles. The van der Waals surface area contributed by atoms with Crippen molar-refractivity contribution in [3.8, 4) is 0 Å². The third-order valence-corrected chi connectivity index (χ3v) is 2.94. The maximum Gasteiger partial charge on any atom is 0.255 e. The molecule has 106 valence electrons. The second-order valence-electron chi connectivity index (χ2n) is 4.41. The zero-order chi connectivity index (χ0) is 14.5. The van der Waals surface area contributed by atoms with E-state index < -0.39 is 11.9 Å². The number of rotatable bonds is 4. The summed E-state index contributed by atoms with van der Waals surface area (Å²) in [5.74, 6) is -0.693. The number of pyridine rings is 1. The van der Waals surface area contributed by atoms with Crippen molar-refractivity contribution in [3.63, 3.8) is 0 Å². The van der Waals surface area contributed by atoms with E-state index in [-0.39, 0.29) is 18.2 Å². The average molecular weight is 276 g/mol. The third-order valence-electron chi connectivity index (χ3n) is 2.94. The second-order valence-corrected chi connectivity index (χ2v) is 4.41. The number of anilines is 1. The first-order chi connectivity index (χ1) is 9.61. The SMILES string of the molecule is CCNc1ncccc1C(=O)NC1CCC(=O)NC1=O. The van der Waals surface area contributed by atoms with Gasteiger partial charge in [0.1, 0.15) is 11.9 Å². The first-order valence-electron chi connectivity index (χ1n) is 6.45. The lowest BCUT2D eigenvalue weighted by molar-refractivity contribution is -0.134. The number of carbonyl (C=O) groups excluding carboxylic acids is 3. The molecule has 1 unspecified atom stereocenters. The van der Waals surface area contributed by atoms with Gasteiger partial charge in [0.15, 0.2) is 0 Å². The summed E-state index contributed by atoms with van der Waals surface area (Å²) in [4.78, 5) is 38.9. The number of hydrogen-bond donors (Lipinski definition) is 3. The molecule has 0 radical (unpaired) electrons. The molecule has 3 N–H and O–H groups in total. The summed E-state index contributed by atoms with van der Waals surface area (Å²) in [5.41, 5.74) is 0.374. The van der Waals surface area contributed by atoms with Crippen molar-refractivity contribution in [2.75, 3.05) is 11.9 Å². The van der Waals surface area contributed by atoms with E-state index in [1.54, 1.807) is 18.3 Å². The van der Waals surface area contributed by atoms with Gasteiger partial charge in [0.25, 0.3) is 5.91 Å². The maximum atomic E-state index is 12.2. The highest BCUT2D eigenvalue weighted by atomic mass is 16.2. The Morgan fingerprint density at radius 2 is 2.30 bits per heavy atom. The van der Waals surface area contributed by atoms with Crippen LogP contribution in [0.2, 0.25) is 0 Å². The normalized spacial score (nSPS) is 18.4. The van der Waals surface area contributed by atoms with Gasteiger partial charge in [-0.05, 0) is 25.5 Å². The van der Waals surface area contributed by atoms with Crippen LogP contribution in [-0.2, 0) is 9.59 Å². The molecule has 0 aromatic carbocycles. The van der Waals surface area contributed by atoms with Crippen LogP contribution in [-0.4, -0.2) is 35.3 Å². The molecule has 1 saturated heterocycles. The topological polar surface area (TPSA) is 100 Å². The van der Waals surface area contributed by atoms with Crippen molar-refractivity contribution in [1.29, 1.82) is 0 Å². The largest absolute Gasteiger partial charge is 0.370 e. The molecule has 1 fully saturated rings. The number of nitrogens with one attached hydrogen (secondary N) is 3. The van der Waals surface area contributed by atoms with Crippen molar-refractivity contribution in [2.24, 2.45) is 0 Å². The second kappa shape index (κ2) is 6.14. The van der Waals surface area contributed by atoms with Gasteiger partial charge in [0, 0.05) is 19.2 Å². The smallest absolute Gasteiger partial charge is 0.255 e. The predicted molar refractivity (Wildman–Crippen MR) is 72.0 cm³/mol. The highest BCUT2D eigenvalue weighted by molar-refractivity contribution is 6.05. The Balaban J connectivity index is 2.08. The van der Waals surface area contributed by atoms with Crippen LogP contribution in [0.4, 0.5) is 5.82 Å². The molecule has 1 aromatic rings. The van der Waals surface area contributed by atoms with Crippen molar-refractivity contribution >= 4 is 23.5 Å². The van der Waals surface area contributed by atoms with Gasteiger partial charge >= 0.3 is 0 Å². The minimum absolute atomic E-state index is 0.226. The van der Waals surface area contributed by atoms with Crippen molar-refractivity contribution < 1.29 is 14.4 Å². The van der Waals surface area contributed by atoms with E-state index in [1.165, 1.54) is 0 Å². The van der Waals surface area contributed by atoms with Crippen LogP contribution < -0.4 is 16.0 Å². The van der Waals surface area contributed by atoms with Crippen LogP contribution in [0.15, 0.2) is 18.3 Å². The number of imide groups is 1. The number of piperidine rings is 1. The molecule has 2 heterocycles. The quantitative estimate of drug-likeness (QED) is 0.675. The monoisotopic (exact) mass is 276 g/mol. The highest BCUT2D eigenvalue weighted by Crippen LogP contribution is 2.12. The lowest BCUT2D eigenvalue weighted by atomic mass is 10.1. The molecule has 0 spiro atoms. The molecule has 0 bridgehead atoms. The summed E-state index contributed by atoms with van der Waals surface area (Å²) in [6, 6.07) is 2.60. The number of hydrogen-bond acceptors (Lipinski definition) is 5. The van der Waals surface area contributed by atoms with E-state index in [0.29, 0.717) is 24.3 Å². The summed E-state index contributed by atoms with van der Waals surface area (Å²) in [6.07, 6.45) is 2.12. The molecule has 0 aliphatic carbocycles. The minimum Gasteiger partial charge on any atom is -0.370 e. The number of carbonyl (C=O) groups is 3. The molecule has 0 saturated carbocycles. The summed E-state index contributed by atoms with van der Waals surface area (Å²) < 4.78 is 0. The van der Waals surface area contributed by atoms with Gasteiger partial charge in [-0.1, -0.05) is 0 Å². The van der Waals surface area contributed by atoms with Crippen LogP contribution in [0, 0.1) is 0 Å². The fraction of sp³-hybridized carbons (Fsp3) is 0.385. The summed E-state index contributed by atoms with van der Waals surface area (Å²) >= 11 is 0. The molecule has 1 atom stereocenters. The van der Waals surface area contributed by atoms with Gasteiger partial charge < -0.3 is 10.6 Å². The van der Waals surface area contributed by atoms with Crippen LogP contribution in [0.3, 0.4) is 0 Å². The maximum absolute atomic E-state index is 12.2. The van der Waals surface area contributed by atoms with Crippen LogP contribution in [0.1, 0.15) is 30.1 Å². The predicted octanol–water partition coefficient (Wildman–Crippen LogP) is 0.0484. The lowest BCUT2D eigenvalue weighted by Crippen LogP contribution is -2.52. The zero-order valence-electron chi connectivity index (χ0n) is 11.1. The molecule has 1 aliphatic heterocycles. The lowest BCUT2D eigenvalue weighted by Gasteiger charge is -2.22. The number of amides is 3. The fourth-order valence-corrected chi connectivity index (χ4v) is 1.96. The Bertz CT molecular complexity index is 544. The van der Waals surface area contributed by atoms with E-state index in [1.807, 2.05) is 6.92 Å².